The lowest BCUT2D eigenvalue weighted by atomic mass is 9.93. The first kappa shape index (κ1) is 16.5. The van der Waals surface area contributed by atoms with Crippen LogP contribution in [0.25, 0.3) is 11.1 Å². The fourth-order valence-corrected chi connectivity index (χ4v) is 2.00. The highest BCUT2D eigenvalue weighted by atomic mass is 19.4. The fraction of sp³-hybridized carbons (Fsp3) is 0.0667. The van der Waals surface area contributed by atoms with E-state index >= 15 is 0 Å². The maximum absolute atomic E-state index is 13.4. The number of benzene rings is 2. The first-order valence-corrected chi connectivity index (χ1v) is 6.00. The van der Waals surface area contributed by atoms with Crippen molar-refractivity contribution in [3.8, 4) is 11.1 Å². The average Bonchev–Trinajstić information content (AvgIpc) is 2.45. The van der Waals surface area contributed by atoms with Crippen molar-refractivity contribution >= 4 is 11.9 Å². The largest absolute Gasteiger partial charge is 0.478 e. The molecule has 0 aliphatic carbocycles. The normalized spacial score (nSPS) is 11.3. The summed E-state index contributed by atoms with van der Waals surface area (Å²) in [6.45, 7) is 0. The molecule has 2 N–H and O–H groups in total. The molecule has 2 rings (SSSR count). The lowest BCUT2D eigenvalue weighted by molar-refractivity contribution is -0.137. The molecule has 0 bridgehead atoms. The highest BCUT2D eigenvalue weighted by Gasteiger charge is 2.35. The molecule has 0 spiro atoms. The van der Waals surface area contributed by atoms with Crippen molar-refractivity contribution in [2.24, 2.45) is 0 Å². The predicted octanol–water partition coefficient (Wildman–Crippen LogP) is 3.71. The number of alkyl halides is 3. The van der Waals surface area contributed by atoms with Crippen molar-refractivity contribution in [3.05, 3.63) is 58.9 Å². The molecule has 0 fully saturated rings. The molecule has 0 aromatic heterocycles. The third-order valence-electron chi connectivity index (χ3n) is 2.99. The maximum Gasteiger partial charge on any atom is 0.417 e. The van der Waals surface area contributed by atoms with E-state index in [-0.39, 0.29) is 0 Å². The molecule has 0 atom stereocenters. The van der Waals surface area contributed by atoms with Gasteiger partial charge in [0, 0.05) is 0 Å². The Kier molecular flexibility index (Phi) is 4.09. The number of halogens is 4. The van der Waals surface area contributed by atoms with E-state index in [0.717, 1.165) is 12.1 Å². The lowest BCUT2D eigenvalue weighted by Gasteiger charge is -2.15. The molecule has 0 unspecified atom stereocenters. The van der Waals surface area contributed by atoms with Crippen LogP contribution in [-0.2, 0) is 6.18 Å². The van der Waals surface area contributed by atoms with Gasteiger partial charge in [-0.2, -0.15) is 13.2 Å². The number of carbonyl (C=O) groups is 2. The molecule has 0 saturated heterocycles. The molecule has 8 heteroatoms. The summed E-state index contributed by atoms with van der Waals surface area (Å²) in [7, 11) is 0. The summed E-state index contributed by atoms with van der Waals surface area (Å²) < 4.78 is 52.7. The monoisotopic (exact) mass is 327 g/mol. The molecule has 0 heterocycles. The van der Waals surface area contributed by atoms with Crippen LogP contribution in [0.1, 0.15) is 26.3 Å². The lowest BCUT2D eigenvalue weighted by Crippen LogP contribution is -2.11. The van der Waals surface area contributed by atoms with Crippen LogP contribution in [0.15, 0.2) is 30.3 Å². The van der Waals surface area contributed by atoms with E-state index in [0.29, 0.717) is 18.2 Å². The summed E-state index contributed by atoms with van der Waals surface area (Å²) in [5, 5.41) is 17.9. The minimum Gasteiger partial charge on any atom is -0.478 e. The number of aromatic carboxylic acids is 2. The van der Waals surface area contributed by atoms with E-state index in [1.807, 2.05) is 6.07 Å². The van der Waals surface area contributed by atoms with Gasteiger partial charge < -0.3 is 10.2 Å². The van der Waals surface area contributed by atoms with E-state index in [9.17, 15) is 27.2 Å². The number of rotatable bonds is 3. The molecule has 119 valence electrons. The Bertz CT molecular complexity index is 797. The summed E-state index contributed by atoms with van der Waals surface area (Å²) in [6.07, 6.45) is -4.90. The van der Waals surface area contributed by atoms with Gasteiger partial charge in [-0.05, 0) is 47.5 Å². The van der Waals surface area contributed by atoms with Crippen molar-refractivity contribution < 1.29 is 37.4 Å². The minimum absolute atomic E-state index is 0.398. The van der Waals surface area contributed by atoms with Crippen LogP contribution >= 0.6 is 0 Å². The zero-order valence-electron chi connectivity index (χ0n) is 11.1. The smallest absolute Gasteiger partial charge is 0.417 e. The van der Waals surface area contributed by atoms with Gasteiger partial charge in [0.05, 0.1) is 16.7 Å². The summed E-state index contributed by atoms with van der Waals surface area (Å²) in [5.41, 5.74) is -3.81. The Hall–Kier alpha value is -2.90. The summed E-state index contributed by atoms with van der Waals surface area (Å²) >= 11 is 0. The van der Waals surface area contributed by atoms with Gasteiger partial charge >= 0.3 is 18.1 Å². The third kappa shape index (κ3) is 3.31. The molecule has 0 amide bonds. The minimum atomic E-state index is -4.90. The molecule has 2 aromatic rings. The van der Waals surface area contributed by atoms with Crippen molar-refractivity contribution in [2.75, 3.05) is 0 Å². The Balaban J connectivity index is 2.85. The van der Waals surface area contributed by atoms with Crippen LogP contribution in [0.2, 0.25) is 0 Å². The maximum atomic E-state index is 13.4. The third-order valence-corrected chi connectivity index (χ3v) is 2.99. The summed E-state index contributed by atoms with van der Waals surface area (Å²) in [6, 6.07) is 5.18. The van der Waals surface area contributed by atoms with E-state index in [1.165, 1.54) is 0 Å². The van der Waals surface area contributed by atoms with Gasteiger partial charge in [-0.15, -0.1) is 0 Å². The Morgan fingerprint density at radius 1 is 1.00 bits per heavy atom. The van der Waals surface area contributed by atoms with Gasteiger partial charge in [0.1, 0.15) is 5.82 Å². The summed E-state index contributed by atoms with van der Waals surface area (Å²) in [5.74, 6) is -4.08. The highest BCUT2D eigenvalue weighted by molar-refractivity contribution is 5.98. The van der Waals surface area contributed by atoms with Gasteiger partial charge in [-0.3, -0.25) is 0 Å². The molecular weight excluding hydrogens is 320 g/mol. The molecule has 0 aliphatic heterocycles. The van der Waals surface area contributed by atoms with E-state index in [2.05, 4.69) is 0 Å². The van der Waals surface area contributed by atoms with Crippen LogP contribution < -0.4 is 0 Å². The molecule has 23 heavy (non-hydrogen) atoms. The van der Waals surface area contributed by atoms with Crippen LogP contribution in [0.5, 0.6) is 0 Å². The van der Waals surface area contributed by atoms with E-state index < -0.39 is 51.7 Å². The Morgan fingerprint density at radius 3 is 2.17 bits per heavy atom. The van der Waals surface area contributed by atoms with Crippen molar-refractivity contribution in [3.63, 3.8) is 0 Å². The van der Waals surface area contributed by atoms with Gasteiger partial charge in [0.25, 0.3) is 0 Å². The molecule has 0 saturated carbocycles. The van der Waals surface area contributed by atoms with Crippen LogP contribution in [-0.4, -0.2) is 22.2 Å². The number of hydrogen-bond acceptors (Lipinski definition) is 2. The topological polar surface area (TPSA) is 74.6 Å². The average molecular weight is 327 g/mol. The summed E-state index contributed by atoms with van der Waals surface area (Å²) in [4.78, 5) is 22.1. The second-order valence-electron chi connectivity index (χ2n) is 4.47. The Morgan fingerprint density at radius 2 is 1.65 bits per heavy atom. The van der Waals surface area contributed by atoms with Gasteiger partial charge in [0.2, 0.25) is 0 Å². The van der Waals surface area contributed by atoms with Gasteiger partial charge in [-0.1, -0.05) is 0 Å². The molecule has 4 nitrogen and oxygen atoms in total. The number of carboxylic acid groups (broad SMARTS) is 2. The SMILES string of the molecule is O=C(O)c1[c]cc(C(F)(F)F)c(-c2cc(F)ccc2C(=O)O)c1. The fourth-order valence-electron chi connectivity index (χ4n) is 2.00. The second-order valence-corrected chi connectivity index (χ2v) is 4.47. The highest BCUT2D eigenvalue weighted by Crippen LogP contribution is 2.39. The molecule has 1 radical (unpaired) electrons. The predicted molar refractivity (Wildman–Crippen MR) is 69.6 cm³/mol. The molecule has 2 aromatic carbocycles. The zero-order valence-corrected chi connectivity index (χ0v) is 11.1. The first-order chi connectivity index (χ1) is 10.6. The quantitative estimate of drug-likeness (QED) is 0.843. The second kappa shape index (κ2) is 5.71. The standard InChI is InChI=1S/C15H7F4O4/c16-8-2-3-9(14(22)23)10(6-8)11-5-7(13(20)21)1-4-12(11)15(17,18)19/h2-6H,(H,20,21)(H,22,23). The van der Waals surface area contributed by atoms with Crippen LogP contribution in [0.4, 0.5) is 17.6 Å². The van der Waals surface area contributed by atoms with E-state index in [1.54, 1.807) is 0 Å². The van der Waals surface area contributed by atoms with E-state index in [4.69, 9.17) is 10.2 Å². The van der Waals surface area contributed by atoms with Crippen LogP contribution in [0.3, 0.4) is 0 Å². The number of hydrogen-bond donors (Lipinski definition) is 2. The van der Waals surface area contributed by atoms with Crippen molar-refractivity contribution in [1.82, 2.24) is 0 Å². The van der Waals surface area contributed by atoms with Gasteiger partial charge in [0.15, 0.2) is 0 Å². The number of carboxylic acids is 2. The zero-order chi connectivity index (χ0) is 17.4. The molecular formula is C15H7F4O4. The van der Waals surface area contributed by atoms with Crippen molar-refractivity contribution in [1.29, 1.82) is 0 Å². The first-order valence-electron chi connectivity index (χ1n) is 6.00. The Labute approximate surface area is 126 Å². The van der Waals surface area contributed by atoms with Gasteiger partial charge in [-0.25, -0.2) is 14.0 Å². The van der Waals surface area contributed by atoms with Crippen LogP contribution in [0, 0.1) is 11.9 Å². The van der Waals surface area contributed by atoms with Crippen molar-refractivity contribution in [2.45, 2.75) is 6.18 Å². The molecule has 0 aliphatic rings.